The summed E-state index contributed by atoms with van der Waals surface area (Å²) in [6.07, 6.45) is 31.2. The zero-order valence-corrected chi connectivity index (χ0v) is 34.5. The molecule has 6 N–H and O–H groups in total. The van der Waals surface area contributed by atoms with Crippen molar-refractivity contribution >= 4 is 5.91 Å². The fourth-order valence-electron chi connectivity index (χ4n) is 7.51. The van der Waals surface area contributed by atoms with E-state index in [-0.39, 0.29) is 12.5 Å². The first-order valence-corrected chi connectivity index (χ1v) is 22.7. The van der Waals surface area contributed by atoms with Crippen LogP contribution in [0.2, 0.25) is 0 Å². The van der Waals surface area contributed by atoms with E-state index in [0.29, 0.717) is 12.8 Å². The largest absolute Gasteiger partial charge is 0.394 e. The van der Waals surface area contributed by atoms with Crippen LogP contribution in [0.5, 0.6) is 0 Å². The van der Waals surface area contributed by atoms with E-state index in [1.165, 1.54) is 154 Å². The second-order valence-electron chi connectivity index (χ2n) is 16.2. The van der Waals surface area contributed by atoms with Gasteiger partial charge in [-0.3, -0.25) is 4.79 Å². The van der Waals surface area contributed by atoms with Crippen LogP contribution in [-0.4, -0.2) is 87.5 Å². The standard InChI is InChI=1S/C44H87NO8/c1-3-5-7-9-11-13-14-15-16-17-18-19-20-21-22-23-24-26-28-30-32-34-40(48)45-37(38(47)33-31-29-27-25-12-10-8-6-4-2)36-52-44-43(51)42(50)41(49)39(35-46)53-44/h37-39,41-44,46-47,49-51H,3-36H2,1-2H3,(H,45,48)/t37-,38+,39+,41-,42-,43+,44-/m0/s1. The van der Waals surface area contributed by atoms with Crippen molar-refractivity contribution in [1.82, 2.24) is 5.32 Å². The van der Waals surface area contributed by atoms with Crippen LogP contribution in [-0.2, 0) is 14.3 Å². The van der Waals surface area contributed by atoms with Crippen LogP contribution in [0.1, 0.15) is 219 Å². The molecular weight excluding hydrogens is 670 g/mol. The van der Waals surface area contributed by atoms with Crippen LogP contribution in [0.25, 0.3) is 0 Å². The molecule has 0 bridgehead atoms. The summed E-state index contributed by atoms with van der Waals surface area (Å²) in [5, 5.41) is 54.1. The van der Waals surface area contributed by atoms with Crippen molar-refractivity contribution in [2.24, 2.45) is 0 Å². The Bertz CT molecular complexity index is 801. The predicted octanol–water partition coefficient (Wildman–Crippen LogP) is 9.17. The molecule has 0 aliphatic carbocycles. The van der Waals surface area contributed by atoms with Crippen molar-refractivity contribution in [1.29, 1.82) is 0 Å². The zero-order chi connectivity index (χ0) is 38.8. The van der Waals surface area contributed by atoms with Crippen LogP contribution in [0.15, 0.2) is 0 Å². The molecule has 1 aliphatic heterocycles. The van der Waals surface area contributed by atoms with Gasteiger partial charge in [-0.05, 0) is 12.8 Å². The topological polar surface area (TPSA) is 149 Å². The molecule has 1 fully saturated rings. The first-order chi connectivity index (χ1) is 25.8. The fourth-order valence-corrected chi connectivity index (χ4v) is 7.51. The Morgan fingerprint density at radius 1 is 0.566 bits per heavy atom. The normalized spacial score (nSPS) is 21.5. The molecule has 1 saturated heterocycles. The summed E-state index contributed by atoms with van der Waals surface area (Å²) < 4.78 is 11.2. The molecule has 1 aliphatic rings. The van der Waals surface area contributed by atoms with Crippen LogP contribution in [0.4, 0.5) is 0 Å². The minimum Gasteiger partial charge on any atom is -0.394 e. The molecule has 1 heterocycles. The lowest BCUT2D eigenvalue weighted by atomic mass is 9.99. The third-order valence-electron chi connectivity index (χ3n) is 11.2. The average molecular weight is 758 g/mol. The Morgan fingerprint density at radius 3 is 1.34 bits per heavy atom. The van der Waals surface area contributed by atoms with Crippen molar-refractivity contribution < 1.29 is 39.8 Å². The number of hydrogen-bond donors (Lipinski definition) is 6. The zero-order valence-electron chi connectivity index (χ0n) is 34.5. The number of aliphatic hydroxyl groups excluding tert-OH is 5. The van der Waals surface area contributed by atoms with E-state index in [1.54, 1.807) is 0 Å². The fraction of sp³-hybridized carbons (Fsp3) is 0.977. The summed E-state index contributed by atoms with van der Waals surface area (Å²) in [4.78, 5) is 12.9. The van der Waals surface area contributed by atoms with Crippen molar-refractivity contribution in [2.75, 3.05) is 13.2 Å². The quantitative estimate of drug-likeness (QED) is 0.0342. The molecule has 0 aromatic rings. The minimum atomic E-state index is -1.55. The Kier molecular flexibility index (Phi) is 33.7. The van der Waals surface area contributed by atoms with Gasteiger partial charge in [0.2, 0.25) is 5.91 Å². The highest BCUT2D eigenvalue weighted by Gasteiger charge is 2.44. The van der Waals surface area contributed by atoms with Gasteiger partial charge in [-0.1, -0.05) is 200 Å². The van der Waals surface area contributed by atoms with Gasteiger partial charge in [0.15, 0.2) is 6.29 Å². The molecule has 0 saturated carbocycles. The number of hydrogen-bond acceptors (Lipinski definition) is 8. The van der Waals surface area contributed by atoms with Crippen molar-refractivity contribution in [3.8, 4) is 0 Å². The molecule has 316 valence electrons. The highest BCUT2D eigenvalue weighted by molar-refractivity contribution is 5.76. The lowest BCUT2D eigenvalue weighted by molar-refractivity contribution is -0.302. The first kappa shape index (κ1) is 50.2. The predicted molar refractivity (Wildman–Crippen MR) is 217 cm³/mol. The molecule has 0 aromatic carbocycles. The molecular formula is C44H87NO8. The lowest BCUT2D eigenvalue weighted by Crippen LogP contribution is -2.60. The van der Waals surface area contributed by atoms with E-state index in [4.69, 9.17) is 9.47 Å². The summed E-state index contributed by atoms with van der Waals surface area (Å²) in [5.74, 6) is -0.142. The highest BCUT2D eigenvalue weighted by Crippen LogP contribution is 2.23. The molecule has 0 unspecified atom stereocenters. The van der Waals surface area contributed by atoms with Gasteiger partial charge >= 0.3 is 0 Å². The molecule has 1 amide bonds. The smallest absolute Gasteiger partial charge is 0.220 e. The number of carbonyl (C=O) groups excluding carboxylic acids is 1. The molecule has 9 heteroatoms. The molecule has 1 rings (SSSR count). The van der Waals surface area contributed by atoms with E-state index < -0.39 is 49.5 Å². The number of carbonyl (C=O) groups is 1. The molecule has 7 atom stereocenters. The molecule has 0 radical (unpaired) electrons. The van der Waals surface area contributed by atoms with Gasteiger partial charge in [0.1, 0.15) is 24.4 Å². The van der Waals surface area contributed by atoms with Crippen LogP contribution < -0.4 is 5.32 Å². The van der Waals surface area contributed by atoms with Gasteiger partial charge < -0.3 is 40.3 Å². The summed E-state index contributed by atoms with van der Waals surface area (Å²) in [5.41, 5.74) is 0. The molecule has 0 spiro atoms. The summed E-state index contributed by atoms with van der Waals surface area (Å²) >= 11 is 0. The third kappa shape index (κ3) is 26.6. The first-order valence-electron chi connectivity index (χ1n) is 22.7. The van der Waals surface area contributed by atoms with Crippen molar-refractivity contribution in [3.05, 3.63) is 0 Å². The minimum absolute atomic E-state index is 0.133. The van der Waals surface area contributed by atoms with E-state index in [9.17, 15) is 30.3 Å². The van der Waals surface area contributed by atoms with Crippen LogP contribution in [0, 0.1) is 0 Å². The van der Waals surface area contributed by atoms with E-state index in [0.717, 1.165) is 38.5 Å². The van der Waals surface area contributed by atoms with Gasteiger partial charge in [-0.15, -0.1) is 0 Å². The SMILES string of the molecule is CCCCCCCCCCCCCCCCCCCCCCCC(=O)N[C@@H](CO[C@H]1O[C@H](CO)[C@H](O)[C@H](O)[C@H]1O)[C@H](O)CCCCCCCCCCC. The summed E-state index contributed by atoms with van der Waals surface area (Å²) in [6, 6.07) is -0.709. The number of ether oxygens (including phenoxy) is 2. The number of nitrogens with one attached hydrogen (secondary N) is 1. The highest BCUT2D eigenvalue weighted by atomic mass is 16.7. The molecule has 9 nitrogen and oxygen atoms in total. The average Bonchev–Trinajstić information content (AvgIpc) is 3.16. The Morgan fingerprint density at radius 2 is 0.943 bits per heavy atom. The monoisotopic (exact) mass is 758 g/mol. The second kappa shape index (κ2) is 35.6. The second-order valence-corrected chi connectivity index (χ2v) is 16.2. The van der Waals surface area contributed by atoms with Gasteiger partial charge in [-0.2, -0.15) is 0 Å². The summed E-state index contributed by atoms with van der Waals surface area (Å²) in [6.45, 7) is 3.82. The van der Waals surface area contributed by atoms with E-state index in [2.05, 4.69) is 19.2 Å². The summed E-state index contributed by atoms with van der Waals surface area (Å²) in [7, 11) is 0. The molecule has 53 heavy (non-hydrogen) atoms. The van der Waals surface area contributed by atoms with Gasteiger partial charge in [0.25, 0.3) is 0 Å². The van der Waals surface area contributed by atoms with Crippen LogP contribution >= 0.6 is 0 Å². The van der Waals surface area contributed by atoms with Crippen LogP contribution in [0.3, 0.4) is 0 Å². The number of rotatable bonds is 38. The number of aliphatic hydroxyl groups is 5. The number of unbranched alkanes of at least 4 members (excludes halogenated alkanes) is 28. The van der Waals surface area contributed by atoms with E-state index >= 15 is 0 Å². The maximum atomic E-state index is 12.9. The van der Waals surface area contributed by atoms with Crippen molar-refractivity contribution in [3.63, 3.8) is 0 Å². The van der Waals surface area contributed by atoms with E-state index in [1.807, 2.05) is 0 Å². The maximum Gasteiger partial charge on any atom is 0.220 e. The maximum absolute atomic E-state index is 12.9. The Hall–Kier alpha value is -0.810. The van der Waals surface area contributed by atoms with Gasteiger partial charge in [-0.25, -0.2) is 0 Å². The Balaban J connectivity index is 2.23. The van der Waals surface area contributed by atoms with Gasteiger partial charge in [0.05, 0.1) is 25.4 Å². The molecule has 0 aromatic heterocycles. The van der Waals surface area contributed by atoms with Crippen molar-refractivity contribution in [2.45, 2.75) is 262 Å². The third-order valence-corrected chi connectivity index (χ3v) is 11.2. The Labute approximate surface area is 325 Å². The lowest BCUT2D eigenvalue weighted by Gasteiger charge is -2.40. The van der Waals surface area contributed by atoms with Gasteiger partial charge in [0, 0.05) is 6.42 Å². The number of amides is 1.